The first-order chi connectivity index (χ1) is 11.4. The number of nitrogens with zero attached hydrogens (tertiary/aromatic N) is 1. The van der Waals surface area contributed by atoms with E-state index in [2.05, 4.69) is 45.9 Å². The van der Waals surface area contributed by atoms with Crippen molar-refractivity contribution in [3.8, 4) is 0 Å². The minimum Gasteiger partial charge on any atom is -0.332 e. The second-order valence-electron chi connectivity index (χ2n) is 7.09. The van der Waals surface area contributed by atoms with E-state index < -0.39 is 0 Å². The first kappa shape index (κ1) is 20.4. The number of rotatable bonds is 8. The summed E-state index contributed by atoms with van der Waals surface area (Å²) < 4.78 is 0. The van der Waals surface area contributed by atoms with E-state index >= 15 is 0 Å². The lowest BCUT2D eigenvalue weighted by atomic mass is 10.1. The van der Waals surface area contributed by atoms with Crippen LogP contribution in [0.25, 0.3) is 0 Å². The van der Waals surface area contributed by atoms with Gasteiger partial charge in [0.25, 0.3) is 5.91 Å². The Balaban J connectivity index is 2.37. The van der Waals surface area contributed by atoms with Gasteiger partial charge in [0.15, 0.2) is 0 Å². The van der Waals surface area contributed by atoms with Crippen molar-refractivity contribution in [2.45, 2.75) is 72.6 Å². The summed E-state index contributed by atoms with van der Waals surface area (Å²) in [4.78, 5) is 25.3. The number of Topliss-reactive ketones (excluding diaryl/α,β-unsaturated/α-hetero) is 1. The third kappa shape index (κ3) is 8.28. The summed E-state index contributed by atoms with van der Waals surface area (Å²) in [6, 6.07) is 0. The average Bonchev–Trinajstić information content (AvgIpc) is 2.67. The van der Waals surface area contributed by atoms with Crippen molar-refractivity contribution in [2.24, 2.45) is 0 Å². The van der Waals surface area contributed by atoms with Gasteiger partial charge in [0.1, 0.15) is 0 Å². The summed E-state index contributed by atoms with van der Waals surface area (Å²) in [6.07, 6.45) is 13.2. The van der Waals surface area contributed by atoms with Crippen LogP contribution in [0, 0.1) is 0 Å². The maximum atomic E-state index is 11.9. The Morgan fingerprint density at radius 2 is 1.54 bits per heavy atom. The van der Waals surface area contributed by atoms with Gasteiger partial charge < -0.3 is 4.90 Å². The van der Waals surface area contributed by atoms with E-state index in [9.17, 15) is 9.59 Å². The molecule has 0 aliphatic carbocycles. The van der Waals surface area contributed by atoms with E-state index in [0.29, 0.717) is 19.5 Å². The van der Waals surface area contributed by atoms with E-state index in [0.717, 1.165) is 38.5 Å². The topological polar surface area (TPSA) is 37.4 Å². The van der Waals surface area contributed by atoms with Crippen molar-refractivity contribution in [2.75, 3.05) is 13.1 Å². The van der Waals surface area contributed by atoms with Crippen LogP contribution < -0.4 is 0 Å². The average molecular weight is 332 g/mol. The molecule has 3 heteroatoms. The molecule has 0 aromatic rings. The molecule has 0 saturated carbocycles. The van der Waals surface area contributed by atoms with Crippen LogP contribution in [-0.4, -0.2) is 29.7 Å². The van der Waals surface area contributed by atoms with Gasteiger partial charge in [-0.1, -0.05) is 34.9 Å². The molecule has 1 saturated heterocycles. The quantitative estimate of drug-likeness (QED) is 0.464. The molecule has 0 unspecified atom stereocenters. The van der Waals surface area contributed by atoms with Crippen LogP contribution in [-0.2, 0) is 9.59 Å². The van der Waals surface area contributed by atoms with E-state index in [1.165, 1.54) is 16.7 Å². The molecule has 1 amide bonds. The predicted octanol–water partition coefficient (Wildman–Crippen LogP) is 4.99. The number of allylic oxidation sites excluding steroid dienone is 5. The lowest BCUT2D eigenvalue weighted by molar-refractivity contribution is -0.143. The predicted molar refractivity (Wildman–Crippen MR) is 101 cm³/mol. The van der Waals surface area contributed by atoms with Crippen molar-refractivity contribution < 1.29 is 9.59 Å². The Kier molecular flexibility index (Phi) is 9.36. The van der Waals surface area contributed by atoms with Crippen LogP contribution in [0.5, 0.6) is 0 Å². The maximum Gasteiger partial charge on any atom is 0.290 e. The highest BCUT2D eigenvalue weighted by Gasteiger charge is 2.23. The van der Waals surface area contributed by atoms with Crippen molar-refractivity contribution in [1.82, 2.24) is 4.90 Å². The molecule has 1 heterocycles. The largest absolute Gasteiger partial charge is 0.332 e. The zero-order valence-corrected chi connectivity index (χ0v) is 15.9. The van der Waals surface area contributed by atoms with Gasteiger partial charge in [-0.3, -0.25) is 9.59 Å². The normalized spacial score (nSPS) is 17.1. The smallest absolute Gasteiger partial charge is 0.290 e. The molecule has 0 spiro atoms. The van der Waals surface area contributed by atoms with Gasteiger partial charge in [0.05, 0.1) is 0 Å². The Bertz CT molecular complexity index is 522. The maximum absolute atomic E-state index is 11.9. The number of amides is 1. The number of likely N-dealkylation sites (tertiary alicyclic amines) is 1. The van der Waals surface area contributed by atoms with Crippen LogP contribution in [0.4, 0.5) is 0 Å². The third-order valence-electron chi connectivity index (χ3n) is 4.39. The van der Waals surface area contributed by atoms with Gasteiger partial charge in [-0.2, -0.15) is 0 Å². The molecular weight excluding hydrogens is 298 g/mol. The monoisotopic (exact) mass is 331 g/mol. The number of hydrogen-bond donors (Lipinski definition) is 0. The lowest BCUT2D eigenvalue weighted by Crippen LogP contribution is -2.35. The number of carbonyl (C=O) groups excluding carboxylic acids is 2. The fourth-order valence-corrected chi connectivity index (χ4v) is 2.75. The van der Waals surface area contributed by atoms with Gasteiger partial charge in [-0.05, 0) is 66.2 Å². The van der Waals surface area contributed by atoms with E-state index in [1.807, 2.05) is 0 Å². The molecule has 1 aliphatic rings. The van der Waals surface area contributed by atoms with Gasteiger partial charge in [0.2, 0.25) is 5.78 Å². The zero-order valence-electron chi connectivity index (χ0n) is 15.9. The molecule has 0 aromatic carbocycles. The number of carbonyl (C=O) groups is 2. The molecule has 0 N–H and O–H groups in total. The van der Waals surface area contributed by atoms with Crippen LogP contribution in [0.3, 0.4) is 0 Å². The first-order valence-electron chi connectivity index (χ1n) is 9.17. The summed E-state index contributed by atoms with van der Waals surface area (Å²) in [5.41, 5.74) is 4.10. The molecule has 0 atom stereocenters. The van der Waals surface area contributed by atoms with Crippen molar-refractivity contribution in [1.29, 1.82) is 0 Å². The minimum absolute atomic E-state index is 0.228. The Hall–Kier alpha value is -1.64. The van der Waals surface area contributed by atoms with Gasteiger partial charge in [-0.25, -0.2) is 0 Å². The number of ketones is 1. The molecule has 24 heavy (non-hydrogen) atoms. The summed E-state index contributed by atoms with van der Waals surface area (Å²) in [5, 5.41) is 0. The van der Waals surface area contributed by atoms with Crippen LogP contribution in [0.15, 0.2) is 34.9 Å². The highest BCUT2D eigenvalue weighted by molar-refractivity contribution is 6.36. The summed E-state index contributed by atoms with van der Waals surface area (Å²) in [6.45, 7) is 9.85. The Morgan fingerprint density at radius 1 is 0.917 bits per heavy atom. The lowest BCUT2D eigenvalue weighted by Gasteiger charge is -2.17. The Labute approximate surface area is 147 Å². The number of hydrogen-bond acceptors (Lipinski definition) is 2. The molecule has 0 aromatic heterocycles. The third-order valence-corrected chi connectivity index (χ3v) is 4.39. The molecule has 1 fully saturated rings. The van der Waals surface area contributed by atoms with Gasteiger partial charge in [-0.15, -0.1) is 0 Å². The first-order valence-corrected chi connectivity index (χ1v) is 9.17. The van der Waals surface area contributed by atoms with Crippen molar-refractivity contribution in [3.63, 3.8) is 0 Å². The van der Waals surface area contributed by atoms with E-state index in [1.54, 1.807) is 4.90 Å². The second kappa shape index (κ2) is 11.0. The fraction of sp³-hybridized carbons (Fsp3) is 0.619. The molecule has 3 nitrogen and oxygen atoms in total. The molecule has 1 rings (SSSR count). The zero-order chi connectivity index (χ0) is 17.9. The molecular formula is C21H33NO2. The van der Waals surface area contributed by atoms with E-state index in [4.69, 9.17) is 0 Å². The molecule has 0 bridgehead atoms. The Morgan fingerprint density at radius 3 is 2.21 bits per heavy atom. The summed E-state index contributed by atoms with van der Waals surface area (Å²) in [7, 11) is 0. The molecule has 1 aliphatic heterocycles. The summed E-state index contributed by atoms with van der Waals surface area (Å²) in [5.74, 6) is -0.528. The highest BCUT2D eigenvalue weighted by Crippen LogP contribution is 2.13. The minimum atomic E-state index is -0.299. The van der Waals surface area contributed by atoms with Crippen molar-refractivity contribution >= 4 is 11.7 Å². The van der Waals surface area contributed by atoms with Crippen LogP contribution in [0.1, 0.15) is 72.6 Å². The van der Waals surface area contributed by atoms with Crippen molar-refractivity contribution in [3.05, 3.63) is 34.9 Å². The van der Waals surface area contributed by atoms with Crippen LogP contribution in [0.2, 0.25) is 0 Å². The summed E-state index contributed by atoms with van der Waals surface area (Å²) >= 11 is 0. The standard InChI is InChI=1S/C21H33NO2/c1-17(2)9-7-10-18(3)11-8-12-19(4)14-16-22-15-6-5-13-20(23)21(22)24/h9,11,14H,5-8,10,12-13,15-16H2,1-4H3. The second-order valence-corrected chi connectivity index (χ2v) is 7.09. The molecule has 134 valence electrons. The molecule has 0 radical (unpaired) electrons. The van der Waals surface area contributed by atoms with Gasteiger partial charge >= 0.3 is 0 Å². The highest BCUT2D eigenvalue weighted by atomic mass is 16.2. The van der Waals surface area contributed by atoms with Crippen LogP contribution >= 0.6 is 0 Å². The SMILES string of the molecule is CC(C)=CCCC(C)=CCCC(C)=CCN1CCCCC(=O)C1=O. The van der Waals surface area contributed by atoms with Gasteiger partial charge in [0, 0.05) is 19.5 Å². The fourth-order valence-electron chi connectivity index (χ4n) is 2.75. The van der Waals surface area contributed by atoms with E-state index in [-0.39, 0.29) is 11.7 Å².